The molecule has 1 aromatic carbocycles. The average Bonchev–Trinajstić information content (AvgIpc) is 3.35. The predicted molar refractivity (Wildman–Crippen MR) is 112 cm³/mol. The lowest BCUT2D eigenvalue weighted by Gasteiger charge is -2.13. The van der Waals surface area contributed by atoms with Gasteiger partial charge in [0.25, 0.3) is 0 Å². The Labute approximate surface area is 186 Å². The van der Waals surface area contributed by atoms with Crippen molar-refractivity contribution in [2.75, 3.05) is 32.7 Å². The number of thioether (sulfide) groups is 1. The van der Waals surface area contributed by atoms with Crippen molar-refractivity contribution in [3.63, 3.8) is 0 Å². The molecule has 0 saturated heterocycles. The largest absolute Gasteiger partial charge is 0.462 e. The Balaban J connectivity index is 2.12. The highest BCUT2D eigenvalue weighted by atomic mass is 32.2. The van der Waals surface area contributed by atoms with Crippen molar-refractivity contribution in [1.82, 2.24) is 19.3 Å². The van der Waals surface area contributed by atoms with Gasteiger partial charge in [-0.25, -0.2) is 14.5 Å². The lowest BCUT2D eigenvalue weighted by atomic mass is 10.2. The van der Waals surface area contributed by atoms with E-state index in [9.17, 15) is 18.0 Å². The standard InChI is InChI=1S/C20H23F3N4O4S/c1-4-31-18(28)13-10-24-27(11-13)19-25-15-8-14(20(21,22)23)17(32-5-2)9-16(15)26(19)12-30-7-6-29-3/h8-11H,4-7,12H2,1-3H3. The molecule has 3 rings (SSSR count). The Morgan fingerprint density at radius 3 is 2.66 bits per heavy atom. The van der Waals surface area contributed by atoms with E-state index in [2.05, 4.69) is 10.1 Å². The van der Waals surface area contributed by atoms with E-state index in [1.54, 1.807) is 18.4 Å². The summed E-state index contributed by atoms with van der Waals surface area (Å²) in [6.07, 6.45) is -1.79. The van der Waals surface area contributed by atoms with Gasteiger partial charge < -0.3 is 14.2 Å². The number of methoxy groups -OCH3 is 1. The Morgan fingerprint density at radius 1 is 1.22 bits per heavy atom. The fourth-order valence-electron chi connectivity index (χ4n) is 2.99. The van der Waals surface area contributed by atoms with Gasteiger partial charge in [0.05, 0.1) is 48.2 Å². The van der Waals surface area contributed by atoms with Crippen LogP contribution in [0.5, 0.6) is 0 Å². The number of carbonyl (C=O) groups excluding carboxylic acids is 1. The minimum Gasteiger partial charge on any atom is -0.462 e. The Bertz CT molecular complexity index is 1080. The van der Waals surface area contributed by atoms with Gasteiger partial charge in [-0.05, 0) is 24.8 Å². The molecular formula is C20H23F3N4O4S. The lowest BCUT2D eigenvalue weighted by molar-refractivity contribution is -0.139. The summed E-state index contributed by atoms with van der Waals surface area (Å²) in [5.41, 5.74) is 0.0378. The van der Waals surface area contributed by atoms with Crippen molar-refractivity contribution >= 4 is 28.8 Å². The molecule has 0 aliphatic carbocycles. The van der Waals surface area contributed by atoms with E-state index in [0.29, 0.717) is 17.9 Å². The summed E-state index contributed by atoms with van der Waals surface area (Å²) in [7, 11) is 1.54. The molecule has 0 aliphatic heterocycles. The highest BCUT2D eigenvalue weighted by molar-refractivity contribution is 7.99. The Kier molecular flexibility index (Phi) is 7.80. The average molecular weight is 472 g/mol. The summed E-state index contributed by atoms with van der Waals surface area (Å²) in [6.45, 7) is 4.31. The number of nitrogens with zero attached hydrogens (tertiary/aromatic N) is 4. The molecule has 0 bridgehead atoms. The molecule has 0 atom stereocenters. The summed E-state index contributed by atoms with van der Waals surface area (Å²) >= 11 is 1.10. The number of fused-ring (bicyclic) bond motifs is 1. The number of hydrogen-bond acceptors (Lipinski definition) is 7. The molecule has 2 heterocycles. The van der Waals surface area contributed by atoms with Crippen molar-refractivity contribution in [2.24, 2.45) is 0 Å². The number of aromatic nitrogens is 4. The molecular weight excluding hydrogens is 449 g/mol. The summed E-state index contributed by atoms with van der Waals surface area (Å²) < 4.78 is 59.4. The van der Waals surface area contributed by atoms with Crippen LogP contribution in [-0.4, -0.2) is 58.0 Å². The number of hydrogen-bond donors (Lipinski definition) is 0. The number of rotatable bonds is 10. The number of carbonyl (C=O) groups is 1. The number of alkyl halides is 3. The van der Waals surface area contributed by atoms with E-state index >= 15 is 0 Å². The quantitative estimate of drug-likeness (QED) is 0.249. The van der Waals surface area contributed by atoms with E-state index in [4.69, 9.17) is 14.2 Å². The molecule has 0 unspecified atom stereocenters. The van der Waals surface area contributed by atoms with E-state index in [0.717, 1.165) is 17.8 Å². The smallest absolute Gasteiger partial charge is 0.417 e. The zero-order valence-corrected chi connectivity index (χ0v) is 18.6. The second-order valence-corrected chi connectivity index (χ2v) is 7.84. The number of imidazole rings is 1. The third-order valence-corrected chi connectivity index (χ3v) is 5.32. The Morgan fingerprint density at radius 2 is 2.00 bits per heavy atom. The molecule has 0 amide bonds. The third kappa shape index (κ3) is 5.25. The van der Waals surface area contributed by atoms with Gasteiger partial charge >= 0.3 is 12.1 Å². The monoisotopic (exact) mass is 472 g/mol. The first-order valence-corrected chi connectivity index (χ1v) is 10.8. The van der Waals surface area contributed by atoms with Gasteiger partial charge in [-0.3, -0.25) is 4.57 Å². The first kappa shape index (κ1) is 24.1. The topological polar surface area (TPSA) is 80.4 Å². The summed E-state index contributed by atoms with van der Waals surface area (Å²) in [5.74, 6) is 0.126. The predicted octanol–water partition coefficient (Wildman–Crippen LogP) is 4.15. The van der Waals surface area contributed by atoms with Gasteiger partial charge in [0.2, 0.25) is 5.95 Å². The molecule has 2 aromatic heterocycles. The molecule has 174 valence electrons. The van der Waals surface area contributed by atoms with Crippen molar-refractivity contribution in [3.8, 4) is 5.95 Å². The van der Waals surface area contributed by atoms with Crippen LogP contribution in [0.15, 0.2) is 29.4 Å². The van der Waals surface area contributed by atoms with E-state index in [1.165, 1.54) is 30.3 Å². The van der Waals surface area contributed by atoms with Crippen LogP contribution in [0, 0.1) is 0 Å². The second-order valence-electron chi connectivity index (χ2n) is 6.53. The van der Waals surface area contributed by atoms with Crippen molar-refractivity contribution in [1.29, 1.82) is 0 Å². The normalized spacial score (nSPS) is 11.9. The molecule has 12 heteroatoms. The maximum absolute atomic E-state index is 13.6. The minimum absolute atomic E-state index is 0.00535. The van der Waals surface area contributed by atoms with Gasteiger partial charge in [0, 0.05) is 18.2 Å². The van der Waals surface area contributed by atoms with Crippen LogP contribution in [0.2, 0.25) is 0 Å². The SMILES string of the molecule is CCOC(=O)c1cnn(-c2nc3cc(C(F)(F)F)c(SCC)cc3n2COCCOC)c1. The molecule has 0 saturated carbocycles. The van der Waals surface area contributed by atoms with Crippen LogP contribution in [0.4, 0.5) is 13.2 Å². The fraction of sp³-hybridized carbons (Fsp3) is 0.450. The maximum Gasteiger partial charge on any atom is 0.417 e. The molecule has 0 radical (unpaired) electrons. The fourth-order valence-corrected chi connectivity index (χ4v) is 3.82. The van der Waals surface area contributed by atoms with Crippen molar-refractivity contribution in [3.05, 3.63) is 35.7 Å². The summed E-state index contributed by atoms with van der Waals surface area (Å²) in [6, 6.07) is 2.48. The van der Waals surface area contributed by atoms with Gasteiger partial charge in [-0.15, -0.1) is 11.8 Å². The van der Waals surface area contributed by atoms with Crippen LogP contribution >= 0.6 is 11.8 Å². The van der Waals surface area contributed by atoms with Crippen LogP contribution in [0.1, 0.15) is 29.8 Å². The van der Waals surface area contributed by atoms with Gasteiger partial charge in [-0.2, -0.15) is 18.3 Å². The van der Waals surface area contributed by atoms with E-state index in [1.807, 2.05) is 0 Å². The van der Waals surface area contributed by atoms with Crippen LogP contribution in [0.25, 0.3) is 17.0 Å². The number of ether oxygens (including phenoxy) is 3. The van der Waals surface area contributed by atoms with Crippen LogP contribution in [-0.2, 0) is 27.1 Å². The minimum atomic E-state index is -4.52. The molecule has 0 spiro atoms. The third-order valence-electron chi connectivity index (χ3n) is 4.39. The summed E-state index contributed by atoms with van der Waals surface area (Å²) in [5, 5.41) is 4.14. The maximum atomic E-state index is 13.6. The molecule has 8 nitrogen and oxygen atoms in total. The first-order chi connectivity index (χ1) is 15.3. The van der Waals surface area contributed by atoms with Crippen LogP contribution in [0.3, 0.4) is 0 Å². The number of benzene rings is 1. The van der Waals surface area contributed by atoms with Gasteiger partial charge in [-0.1, -0.05) is 6.92 Å². The number of esters is 1. The highest BCUT2D eigenvalue weighted by Crippen LogP contribution is 2.39. The van der Waals surface area contributed by atoms with E-state index < -0.39 is 17.7 Å². The summed E-state index contributed by atoms with van der Waals surface area (Å²) in [4.78, 5) is 16.5. The molecule has 32 heavy (non-hydrogen) atoms. The zero-order chi connectivity index (χ0) is 23.3. The van der Waals surface area contributed by atoms with Gasteiger partial charge in [0.1, 0.15) is 6.73 Å². The Hall–Kier alpha value is -2.57. The molecule has 0 aliphatic rings. The first-order valence-electron chi connectivity index (χ1n) is 9.83. The zero-order valence-electron chi connectivity index (χ0n) is 17.8. The van der Waals surface area contributed by atoms with Crippen LogP contribution < -0.4 is 0 Å². The molecule has 0 fully saturated rings. The molecule has 3 aromatic rings. The highest BCUT2D eigenvalue weighted by Gasteiger charge is 2.34. The van der Waals surface area contributed by atoms with Crippen molar-refractivity contribution in [2.45, 2.75) is 31.7 Å². The van der Waals surface area contributed by atoms with Crippen molar-refractivity contribution < 1.29 is 32.2 Å². The number of halogens is 3. The molecule has 0 N–H and O–H groups in total. The lowest BCUT2D eigenvalue weighted by Crippen LogP contribution is -2.12. The van der Waals surface area contributed by atoms with E-state index in [-0.39, 0.29) is 41.9 Å². The second kappa shape index (κ2) is 10.4. The van der Waals surface area contributed by atoms with Gasteiger partial charge in [0.15, 0.2) is 0 Å².